The third-order valence-electron chi connectivity index (χ3n) is 5.75. The number of anilines is 1. The zero-order valence-corrected chi connectivity index (χ0v) is 16.5. The molecule has 1 saturated carbocycles. The Labute approximate surface area is 174 Å². The van der Waals surface area contributed by atoms with E-state index in [1.54, 1.807) is 36.4 Å². The standard InChI is InChI=1S/C24H23FN2O3/c25-19-9-7-18(8-10-19)24(13-1-2-14-24)16-26-22(28)17-5-11-20(12-6-17)27-23(29)21-4-3-15-30-21/h3-12,15H,1-2,13-14,16H2,(H,26,28)(H,27,29). The van der Waals surface area contributed by atoms with Gasteiger partial charge in [-0.2, -0.15) is 0 Å². The summed E-state index contributed by atoms with van der Waals surface area (Å²) in [6, 6.07) is 16.5. The van der Waals surface area contributed by atoms with Crippen LogP contribution in [0.2, 0.25) is 0 Å². The lowest BCUT2D eigenvalue weighted by atomic mass is 9.78. The Morgan fingerprint density at radius 3 is 2.27 bits per heavy atom. The Balaban J connectivity index is 1.39. The molecule has 0 spiro atoms. The topological polar surface area (TPSA) is 71.3 Å². The number of furan rings is 1. The molecule has 3 aromatic rings. The Morgan fingerprint density at radius 2 is 1.63 bits per heavy atom. The summed E-state index contributed by atoms with van der Waals surface area (Å²) < 4.78 is 18.4. The molecular formula is C24H23FN2O3. The van der Waals surface area contributed by atoms with E-state index in [-0.39, 0.29) is 28.8 Å². The monoisotopic (exact) mass is 406 g/mol. The largest absolute Gasteiger partial charge is 0.459 e. The van der Waals surface area contributed by atoms with Crippen LogP contribution >= 0.6 is 0 Å². The summed E-state index contributed by atoms with van der Waals surface area (Å²) in [5.74, 6) is -0.554. The Morgan fingerprint density at radius 1 is 0.933 bits per heavy atom. The van der Waals surface area contributed by atoms with Gasteiger partial charge in [0.05, 0.1) is 6.26 Å². The van der Waals surface area contributed by atoms with E-state index in [1.807, 2.05) is 12.1 Å². The number of hydrogen-bond donors (Lipinski definition) is 2. The fourth-order valence-corrected chi connectivity index (χ4v) is 4.08. The summed E-state index contributed by atoms with van der Waals surface area (Å²) >= 11 is 0. The van der Waals surface area contributed by atoms with Crippen LogP contribution < -0.4 is 10.6 Å². The molecule has 1 aromatic heterocycles. The van der Waals surface area contributed by atoms with Crippen LogP contribution in [0.25, 0.3) is 0 Å². The van der Waals surface area contributed by atoms with Crippen LogP contribution in [0.1, 0.15) is 52.2 Å². The zero-order valence-electron chi connectivity index (χ0n) is 16.5. The van der Waals surface area contributed by atoms with Gasteiger partial charge in [-0.1, -0.05) is 25.0 Å². The molecule has 0 saturated heterocycles. The Hall–Kier alpha value is -3.41. The molecule has 0 aliphatic heterocycles. The molecule has 0 unspecified atom stereocenters. The number of carbonyl (C=O) groups excluding carboxylic acids is 2. The molecule has 0 bridgehead atoms. The van der Waals surface area contributed by atoms with Crippen molar-refractivity contribution in [3.8, 4) is 0 Å². The van der Waals surface area contributed by atoms with E-state index in [0.29, 0.717) is 17.8 Å². The molecular weight excluding hydrogens is 383 g/mol. The SMILES string of the molecule is O=C(NCC1(c2ccc(F)cc2)CCCC1)c1ccc(NC(=O)c2ccco2)cc1. The minimum absolute atomic E-state index is 0.152. The fourth-order valence-electron chi connectivity index (χ4n) is 4.08. The van der Waals surface area contributed by atoms with E-state index in [0.717, 1.165) is 31.2 Å². The first kappa shape index (κ1) is 19.9. The second kappa shape index (κ2) is 8.53. The van der Waals surface area contributed by atoms with Gasteiger partial charge in [0.15, 0.2) is 5.76 Å². The van der Waals surface area contributed by atoms with Crippen LogP contribution in [0.4, 0.5) is 10.1 Å². The van der Waals surface area contributed by atoms with E-state index in [1.165, 1.54) is 18.4 Å². The fraction of sp³-hybridized carbons (Fsp3) is 0.250. The lowest BCUT2D eigenvalue weighted by Gasteiger charge is -2.30. The minimum atomic E-state index is -0.348. The first-order valence-corrected chi connectivity index (χ1v) is 10.0. The van der Waals surface area contributed by atoms with Crippen LogP contribution in [-0.4, -0.2) is 18.4 Å². The maximum atomic E-state index is 13.3. The maximum absolute atomic E-state index is 13.3. The summed E-state index contributed by atoms with van der Waals surface area (Å²) in [5.41, 5.74) is 2.00. The second-order valence-corrected chi connectivity index (χ2v) is 7.69. The summed E-state index contributed by atoms with van der Waals surface area (Å²) in [5, 5.41) is 5.77. The molecule has 4 rings (SSSR count). The molecule has 2 amide bonds. The molecule has 2 N–H and O–H groups in total. The molecule has 0 radical (unpaired) electrons. The van der Waals surface area contributed by atoms with Crippen molar-refractivity contribution in [2.75, 3.05) is 11.9 Å². The summed E-state index contributed by atoms with van der Waals surface area (Å²) in [4.78, 5) is 24.7. The predicted octanol–water partition coefficient (Wildman–Crippen LogP) is 4.91. The lowest BCUT2D eigenvalue weighted by molar-refractivity contribution is 0.0942. The minimum Gasteiger partial charge on any atom is -0.459 e. The number of amides is 2. The van der Waals surface area contributed by atoms with Crippen molar-refractivity contribution in [1.82, 2.24) is 5.32 Å². The summed E-state index contributed by atoms with van der Waals surface area (Å²) in [6.07, 6.45) is 5.56. The van der Waals surface area contributed by atoms with Crippen molar-refractivity contribution < 1.29 is 18.4 Å². The molecule has 1 fully saturated rings. The molecule has 5 nitrogen and oxygen atoms in total. The van der Waals surface area contributed by atoms with Crippen molar-refractivity contribution in [3.05, 3.63) is 89.6 Å². The Kier molecular flexibility index (Phi) is 5.65. The van der Waals surface area contributed by atoms with Gasteiger partial charge >= 0.3 is 0 Å². The number of carbonyl (C=O) groups is 2. The predicted molar refractivity (Wildman–Crippen MR) is 112 cm³/mol. The van der Waals surface area contributed by atoms with Crippen LogP contribution in [0, 0.1) is 5.82 Å². The Bertz CT molecular complexity index is 1010. The highest BCUT2D eigenvalue weighted by atomic mass is 19.1. The van der Waals surface area contributed by atoms with Gasteiger partial charge in [-0.05, 0) is 66.9 Å². The molecule has 0 atom stereocenters. The highest BCUT2D eigenvalue weighted by Crippen LogP contribution is 2.40. The van der Waals surface area contributed by atoms with Gasteiger partial charge in [-0.25, -0.2) is 4.39 Å². The van der Waals surface area contributed by atoms with Gasteiger partial charge in [0.25, 0.3) is 11.8 Å². The highest BCUT2D eigenvalue weighted by molar-refractivity contribution is 6.02. The molecule has 154 valence electrons. The molecule has 1 heterocycles. The van der Waals surface area contributed by atoms with Crippen molar-refractivity contribution in [1.29, 1.82) is 0 Å². The van der Waals surface area contributed by atoms with Crippen molar-refractivity contribution >= 4 is 17.5 Å². The number of halogens is 1. The van der Waals surface area contributed by atoms with Crippen LogP contribution in [0.5, 0.6) is 0 Å². The number of hydrogen-bond acceptors (Lipinski definition) is 3. The van der Waals surface area contributed by atoms with Crippen LogP contribution in [-0.2, 0) is 5.41 Å². The van der Waals surface area contributed by atoms with E-state index in [4.69, 9.17) is 4.42 Å². The average Bonchev–Trinajstić information content (AvgIpc) is 3.46. The normalized spacial score (nSPS) is 15.0. The quantitative estimate of drug-likeness (QED) is 0.611. The summed E-state index contributed by atoms with van der Waals surface area (Å²) in [7, 11) is 0. The van der Waals surface area contributed by atoms with Gasteiger partial charge in [0.2, 0.25) is 0 Å². The molecule has 6 heteroatoms. The molecule has 1 aliphatic rings. The second-order valence-electron chi connectivity index (χ2n) is 7.69. The maximum Gasteiger partial charge on any atom is 0.291 e. The van der Waals surface area contributed by atoms with Crippen molar-refractivity contribution in [2.45, 2.75) is 31.1 Å². The van der Waals surface area contributed by atoms with E-state index in [2.05, 4.69) is 10.6 Å². The molecule has 30 heavy (non-hydrogen) atoms. The smallest absolute Gasteiger partial charge is 0.291 e. The zero-order chi connectivity index (χ0) is 21.0. The van der Waals surface area contributed by atoms with Gasteiger partial charge in [0, 0.05) is 23.2 Å². The van der Waals surface area contributed by atoms with Gasteiger partial charge in [-0.15, -0.1) is 0 Å². The summed E-state index contributed by atoms with van der Waals surface area (Å²) in [6.45, 7) is 0.508. The van der Waals surface area contributed by atoms with E-state index < -0.39 is 0 Å². The number of rotatable bonds is 6. The molecule has 2 aromatic carbocycles. The molecule has 1 aliphatic carbocycles. The average molecular weight is 406 g/mol. The van der Waals surface area contributed by atoms with E-state index >= 15 is 0 Å². The van der Waals surface area contributed by atoms with Crippen LogP contribution in [0.3, 0.4) is 0 Å². The van der Waals surface area contributed by atoms with Crippen molar-refractivity contribution in [3.63, 3.8) is 0 Å². The van der Waals surface area contributed by atoms with Crippen molar-refractivity contribution in [2.24, 2.45) is 0 Å². The first-order chi connectivity index (χ1) is 14.6. The van der Waals surface area contributed by atoms with E-state index in [9.17, 15) is 14.0 Å². The van der Waals surface area contributed by atoms with Gasteiger partial charge < -0.3 is 15.1 Å². The van der Waals surface area contributed by atoms with Gasteiger partial charge in [0.1, 0.15) is 5.82 Å². The highest BCUT2D eigenvalue weighted by Gasteiger charge is 2.36. The third-order valence-corrected chi connectivity index (χ3v) is 5.75. The lowest BCUT2D eigenvalue weighted by Crippen LogP contribution is -2.39. The number of benzene rings is 2. The first-order valence-electron chi connectivity index (χ1n) is 10.0. The third kappa shape index (κ3) is 4.27. The number of nitrogens with one attached hydrogen (secondary N) is 2. The van der Waals surface area contributed by atoms with Gasteiger partial charge in [-0.3, -0.25) is 9.59 Å². The van der Waals surface area contributed by atoms with Crippen LogP contribution in [0.15, 0.2) is 71.3 Å².